The van der Waals surface area contributed by atoms with Crippen LogP contribution in [0.25, 0.3) is 17.0 Å². The van der Waals surface area contributed by atoms with Crippen LogP contribution in [0.1, 0.15) is 26.3 Å². The van der Waals surface area contributed by atoms with Crippen molar-refractivity contribution < 1.29 is 4.74 Å². The third-order valence-electron chi connectivity index (χ3n) is 2.53. The highest BCUT2D eigenvalue weighted by Gasteiger charge is 2.07. The molecule has 0 unspecified atom stereocenters. The van der Waals surface area contributed by atoms with Crippen LogP contribution in [0.3, 0.4) is 0 Å². The van der Waals surface area contributed by atoms with Crippen molar-refractivity contribution in [2.24, 2.45) is 0 Å². The van der Waals surface area contributed by atoms with Crippen LogP contribution in [0.5, 0.6) is 0 Å². The summed E-state index contributed by atoms with van der Waals surface area (Å²) in [5.74, 6) is 0. The second-order valence-corrected chi connectivity index (χ2v) is 5.29. The monoisotopic (exact) mass is 241 g/mol. The van der Waals surface area contributed by atoms with E-state index in [2.05, 4.69) is 37.9 Å². The van der Waals surface area contributed by atoms with E-state index in [1.807, 2.05) is 36.5 Å². The summed E-state index contributed by atoms with van der Waals surface area (Å²) in [6, 6.07) is 10.3. The van der Waals surface area contributed by atoms with Gasteiger partial charge in [-0.25, -0.2) is 0 Å². The van der Waals surface area contributed by atoms with E-state index in [1.54, 1.807) is 0 Å². The molecule has 18 heavy (non-hydrogen) atoms. The molecule has 1 heterocycles. The van der Waals surface area contributed by atoms with Gasteiger partial charge in [-0.2, -0.15) is 0 Å². The normalized spacial score (nSPS) is 12.4. The highest BCUT2D eigenvalue weighted by molar-refractivity contribution is 5.80. The SMILES string of the molecule is CC(C)(C)OC/C=C/c1cnc2ccccc2c1. The van der Waals surface area contributed by atoms with Crippen molar-refractivity contribution in [3.8, 4) is 0 Å². The van der Waals surface area contributed by atoms with E-state index >= 15 is 0 Å². The zero-order chi connectivity index (χ0) is 13.0. The number of aromatic nitrogens is 1. The number of fused-ring (bicyclic) bond motifs is 1. The maximum atomic E-state index is 5.63. The molecule has 0 bridgehead atoms. The summed E-state index contributed by atoms with van der Waals surface area (Å²) >= 11 is 0. The molecular weight excluding hydrogens is 222 g/mol. The van der Waals surface area contributed by atoms with Gasteiger partial charge >= 0.3 is 0 Å². The lowest BCUT2D eigenvalue weighted by Crippen LogP contribution is -2.18. The fourth-order valence-corrected chi connectivity index (χ4v) is 1.66. The first-order chi connectivity index (χ1) is 8.54. The maximum absolute atomic E-state index is 5.63. The molecule has 0 amide bonds. The van der Waals surface area contributed by atoms with Crippen molar-refractivity contribution in [1.82, 2.24) is 4.98 Å². The number of ether oxygens (including phenoxy) is 1. The number of benzene rings is 1. The van der Waals surface area contributed by atoms with Gasteiger partial charge in [-0.3, -0.25) is 4.98 Å². The maximum Gasteiger partial charge on any atom is 0.0702 e. The van der Waals surface area contributed by atoms with Crippen LogP contribution in [0, 0.1) is 0 Å². The van der Waals surface area contributed by atoms with Gasteiger partial charge < -0.3 is 4.74 Å². The summed E-state index contributed by atoms with van der Waals surface area (Å²) in [5, 5.41) is 1.16. The first kappa shape index (κ1) is 12.8. The molecule has 0 spiro atoms. The fourth-order valence-electron chi connectivity index (χ4n) is 1.66. The lowest BCUT2D eigenvalue weighted by molar-refractivity contribution is 0.0152. The molecule has 0 atom stereocenters. The lowest BCUT2D eigenvalue weighted by Gasteiger charge is -2.17. The van der Waals surface area contributed by atoms with Gasteiger partial charge in [0.25, 0.3) is 0 Å². The minimum Gasteiger partial charge on any atom is -0.372 e. The van der Waals surface area contributed by atoms with Crippen LogP contribution in [0.4, 0.5) is 0 Å². The largest absolute Gasteiger partial charge is 0.372 e. The number of nitrogens with zero attached hydrogens (tertiary/aromatic N) is 1. The topological polar surface area (TPSA) is 22.1 Å². The summed E-state index contributed by atoms with van der Waals surface area (Å²) in [7, 11) is 0. The molecule has 0 aliphatic heterocycles. The Hall–Kier alpha value is -1.67. The van der Waals surface area contributed by atoms with Crippen LogP contribution in [-0.4, -0.2) is 17.2 Å². The van der Waals surface area contributed by atoms with Crippen molar-refractivity contribution in [3.63, 3.8) is 0 Å². The van der Waals surface area contributed by atoms with Gasteiger partial charge in [-0.05, 0) is 38.5 Å². The number of hydrogen-bond acceptors (Lipinski definition) is 2. The molecule has 1 aromatic heterocycles. The van der Waals surface area contributed by atoms with E-state index in [9.17, 15) is 0 Å². The Balaban J connectivity index is 2.05. The van der Waals surface area contributed by atoms with Crippen molar-refractivity contribution in [2.75, 3.05) is 6.61 Å². The van der Waals surface area contributed by atoms with E-state index in [0.29, 0.717) is 6.61 Å². The quantitative estimate of drug-likeness (QED) is 0.808. The van der Waals surface area contributed by atoms with Crippen molar-refractivity contribution in [3.05, 3.63) is 48.2 Å². The summed E-state index contributed by atoms with van der Waals surface area (Å²) in [5.41, 5.74) is 2.04. The molecule has 0 fully saturated rings. The average molecular weight is 241 g/mol. The zero-order valence-electron chi connectivity index (χ0n) is 11.2. The van der Waals surface area contributed by atoms with E-state index < -0.39 is 0 Å². The minimum atomic E-state index is -0.0913. The second-order valence-electron chi connectivity index (χ2n) is 5.29. The van der Waals surface area contributed by atoms with Crippen LogP contribution in [0.2, 0.25) is 0 Å². The van der Waals surface area contributed by atoms with Crippen molar-refractivity contribution in [2.45, 2.75) is 26.4 Å². The van der Waals surface area contributed by atoms with Crippen LogP contribution >= 0.6 is 0 Å². The Labute approximate surface area is 108 Å². The van der Waals surface area contributed by atoms with Crippen molar-refractivity contribution >= 4 is 17.0 Å². The first-order valence-electron chi connectivity index (χ1n) is 6.20. The molecule has 0 aliphatic carbocycles. The third kappa shape index (κ3) is 3.67. The number of rotatable bonds is 3. The third-order valence-corrected chi connectivity index (χ3v) is 2.53. The molecule has 1 aromatic carbocycles. The molecule has 94 valence electrons. The highest BCUT2D eigenvalue weighted by atomic mass is 16.5. The Bertz CT molecular complexity index is 552. The van der Waals surface area contributed by atoms with Gasteiger partial charge in [0.15, 0.2) is 0 Å². The average Bonchev–Trinajstić information content (AvgIpc) is 2.33. The lowest BCUT2D eigenvalue weighted by atomic mass is 10.1. The summed E-state index contributed by atoms with van der Waals surface area (Å²) in [6.45, 7) is 6.78. The molecule has 0 N–H and O–H groups in total. The van der Waals surface area contributed by atoms with Gasteiger partial charge in [0.05, 0.1) is 17.7 Å². The van der Waals surface area contributed by atoms with E-state index in [4.69, 9.17) is 4.74 Å². The fraction of sp³-hybridized carbons (Fsp3) is 0.312. The molecule has 0 aliphatic rings. The Morgan fingerprint density at radius 3 is 2.78 bits per heavy atom. The Kier molecular flexibility index (Phi) is 3.78. The predicted molar refractivity (Wildman–Crippen MR) is 76.5 cm³/mol. The van der Waals surface area contributed by atoms with E-state index in [0.717, 1.165) is 16.5 Å². The Morgan fingerprint density at radius 2 is 2.00 bits per heavy atom. The second kappa shape index (κ2) is 5.32. The molecule has 2 nitrogen and oxygen atoms in total. The molecule has 2 aromatic rings. The van der Waals surface area contributed by atoms with E-state index in [1.165, 1.54) is 0 Å². The Morgan fingerprint density at radius 1 is 1.22 bits per heavy atom. The molecule has 0 radical (unpaired) electrons. The van der Waals surface area contributed by atoms with Gasteiger partial charge in [-0.15, -0.1) is 0 Å². The number of hydrogen-bond donors (Lipinski definition) is 0. The summed E-state index contributed by atoms with van der Waals surface area (Å²) in [6.07, 6.45) is 5.96. The summed E-state index contributed by atoms with van der Waals surface area (Å²) in [4.78, 5) is 4.42. The number of para-hydroxylation sites is 1. The molecular formula is C16H19NO. The van der Waals surface area contributed by atoms with Crippen LogP contribution < -0.4 is 0 Å². The van der Waals surface area contributed by atoms with Gasteiger partial charge in [-0.1, -0.05) is 30.4 Å². The van der Waals surface area contributed by atoms with Crippen molar-refractivity contribution in [1.29, 1.82) is 0 Å². The molecule has 0 saturated heterocycles. The standard InChI is InChI=1S/C16H19NO/c1-16(2,3)18-10-6-7-13-11-14-8-4-5-9-15(14)17-12-13/h4-9,11-12H,10H2,1-3H3/b7-6+. The zero-order valence-corrected chi connectivity index (χ0v) is 11.2. The first-order valence-corrected chi connectivity index (χ1v) is 6.20. The molecule has 0 saturated carbocycles. The van der Waals surface area contributed by atoms with E-state index in [-0.39, 0.29) is 5.60 Å². The van der Waals surface area contributed by atoms with Gasteiger partial charge in [0.2, 0.25) is 0 Å². The predicted octanol–water partition coefficient (Wildman–Crippen LogP) is 4.06. The van der Waals surface area contributed by atoms with Crippen LogP contribution in [-0.2, 0) is 4.74 Å². The minimum absolute atomic E-state index is 0.0913. The van der Waals surface area contributed by atoms with Gasteiger partial charge in [0.1, 0.15) is 0 Å². The smallest absolute Gasteiger partial charge is 0.0702 e. The summed E-state index contributed by atoms with van der Waals surface area (Å²) < 4.78 is 5.63. The van der Waals surface area contributed by atoms with Crippen LogP contribution in [0.15, 0.2) is 42.6 Å². The highest BCUT2D eigenvalue weighted by Crippen LogP contribution is 2.13. The molecule has 2 heteroatoms. The van der Waals surface area contributed by atoms with Gasteiger partial charge in [0, 0.05) is 11.6 Å². The molecule has 2 rings (SSSR count). The number of pyridine rings is 1.